The molecular weight excluding hydrogens is 328 g/mol. The zero-order valence-electron chi connectivity index (χ0n) is 13.0. The molecule has 0 amide bonds. The summed E-state index contributed by atoms with van der Waals surface area (Å²) in [7, 11) is 1.32. The second-order valence-electron chi connectivity index (χ2n) is 5.01. The van der Waals surface area contributed by atoms with E-state index in [1.807, 2.05) is 42.5 Å². The number of halogens is 1. The Balaban J connectivity index is 2.08. The van der Waals surface area contributed by atoms with Gasteiger partial charge in [-0.1, -0.05) is 41.9 Å². The van der Waals surface area contributed by atoms with Crippen molar-refractivity contribution in [1.29, 1.82) is 0 Å². The van der Waals surface area contributed by atoms with E-state index in [9.17, 15) is 4.79 Å². The number of rotatable bonds is 5. The molecule has 1 aromatic carbocycles. The number of hydrogen-bond donors (Lipinski definition) is 1. The molecule has 3 rings (SSSR count). The molecule has 1 N–H and O–H groups in total. The quantitative estimate of drug-likeness (QED) is 0.550. The summed E-state index contributed by atoms with van der Waals surface area (Å²) < 4.78 is 10.2. The number of pyridine rings is 1. The highest BCUT2D eigenvalue weighted by atomic mass is 35.5. The van der Waals surface area contributed by atoms with Gasteiger partial charge in [0.1, 0.15) is 10.9 Å². The second-order valence-corrected chi connectivity index (χ2v) is 5.39. The zero-order valence-corrected chi connectivity index (χ0v) is 13.7. The first kappa shape index (κ1) is 16.1. The van der Waals surface area contributed by atoms with E-state index in [4.69, 9.17) is 20.8 Å². The van der Waals surface area contributed by atoms with Gasteiger partial charge >= 0.3 is 5.97 Å². The van der Waals surface area contributed by atoms with Gasteiger partial charge in [0.05, 0.1) is 19.9 Å². The van der Waals surface area contributed by atoms with Crippen molar-refractivity contribution in [3.8, 4) is 11.1 Å². The van der Waals surface area contributed by atoms with Gasteiger partial charge in [0.15, 0.2) is 5.69 Å². The number of nitrogens with one attached hydrogen (secondary N) is 1. The summed E-state index contributed by atoms with van der Waals surface area (Å²) in [5.74, 6) is 0.221. The smallest absolute Gasteiger partial charge is 0.357 e. The van der Waals surface area contributed by atoms with Crippen molar-refractivity contribution < 1.29 is 13.9 Å². The Labute approximate surface area is 144 Å². The molecule has 0 bridgehead atoms. The number of benzene rings is 1. The molecule has 0 unspecified atom stereocenters. The molecule has 122 valence electrons. The Morgan fingerprint density at radius 2 is 2.04 bits per heavy atom. The molecule has 0 saturated carbocycles. The molecule has 5 nitrogen and oxygen atoms in total. The van der Waals surface area contributed by atoms with Crippen LogP contribution in [-0.2, 0) is 11.3 Å². The lowest BCUT2D eigenvalue weighted by atomic mass is 10.0. The van der Waals surface area contributed by atoms with Crippen molar-refractivity contribution in [2.45, 2.75) is 6.54 Å². The lowest BCUT2D eigenvalue weighted by Gasteiger charge is -2.15. The fourth-order valence-corrected chi connectivity index (χ4v) is 2.58. The van der Waals surface area contributed by atoms with Crippen LogP contribution in [0, 0.1) is 0 Å². The fraction of sp³-hybridized carbons (Fsp3) is 0.111. The molecule has 24 heavy (non-hydrogen) atoms. The van der Waals surface area contributed by atoms with Crippen LogP contribution in [0.4, 0.5) is 5.69 Å². The Kier molecular flexibility index (Phi) is 4.82. The number of methoxy groups -OCH3 is 1. The predicted octanol–water partition coefficient (Wildman–Crippen LogP) is 4.39. The second kappa shape index (κ2) is 7.19. The maximum atomic E-state index is 12.2. The number of furan rings is 1. The van der Waals surface area contributed by atoms with Crippen LogP contribution in [0.25, 0.3) is 11.1 Å². The number of carbonyl (C=O) groups excluding carboxylic acids is 1. The summed E-state index contributed by atoms with van der Waals surface area (Å²) in [5, 5.41) is 3.45. The Hall–Kier alpha value is -2.79. The van der Waals surface area contributed by atoms with Crippen LogP contribution in [-0.4, -0.2) is 18.1 Å². The molecule has 0 aliphatic carbocycles. The molecule has 0 aliphatic heterocycles. The molecule has 2 aromatic heterocycles. The number of aromatic nitrogens is 1. The third-order valence-electron chi connectivity index (χ3n) is 3.46. The number of ether oxygens (including phenoxy) is 1. The molecule has 0 spiro atoms. The first-order chi connectivity index (χ1) is 11.7. The first-order valence-corrected chi connectivity index (χ1v) is 7.67. The van der Waals surface area contributed by atoms with E-state index in [0.717, 1.165) is 11.3 Å². The van der Waals surface area contributed by atoms with Gasteiger partial charge in [-0.3, -0.25) is 0 Å². The van der Waals surface area contributed by atoms with E-state index in [1.54, 1.807) is 12.3 Å². The highest BCUT2D eigenvalue weighted by Gasteiger charge is 2.20. The summed E-state index contributed by atoms with van der Waals surface area (Å²) in [4.78, 5) is 16.3. The predicted molar refractivity (Wildman–Crippen MR) is 92.1 cm³/mol. The third kappa shape index (κ3) is 3.41. The van der Waals surface area contributed by atoms with Gasteiger partial charge in [0, 0.05) is 11.3 Å². The van der Waals surface area contributed by atoms with Crippen molar-refractivity contribution in [3.05, 3.63) is 71.4 Å². The van der Waals surface area contributed by atoms with Gasteiger partial charge in [0.25, 0.3) is 0 Å². The maximum Gasteiger partial charge on any atom is 0.357 e. The summed E-state index contributed by atoms with van der Waals surface area (Å²) in [6.07, 6.45) is 1.61. The number of esters is 1. The third-order valence-corrected chi connectivity index (χ3v) is 3.66. The van der Waals surface area contributed by atoms with Gasteiger partial charge < -0.3 is 14.5 Å². The van der Waals surface area contributed by atoms with Gasteiger partial charge in [-0.2, -0.15) is 0 Å². The summed E-state index contributed by atoms with van der Waals surface area (Å²) in [6.45, 7) is 0.452. The number of hydrogen-bond acceptors (Lipinski definition) is 5. The van der Waals surface area contributed by atoms with Crippen molar-refractivity contribution in [2.75, 3.05) is 12.4 Å². The Bertz CT molecular complexity index is 833. The lowest BCUT2D eigenvalue weighted by Crippen LogP contribution is -2.10. The molecular formula is C18H15ClN2O3. The zero-order chi connectivity index (χ0) is 16.9. The summed E-state index contributed by atoms with van der Waals surface area (Å²) in [6, 6.07) is 14.8. The van der Waals surface area contributed by atoms with E-state index in [0.29, 0.717) is 17.8 Å². The van der Waals surface area contributed by atoms with Crippen LogP contribution in [0.2, 0.25) is 5.15 Å². The number of nitrogens with zero attached hydrogens (tertiary/aromatic N) is 1. The van der Waals surface area contributed by atoms with E-state index < -0.39 is 5.97 Å². The Morgan fingerprint density at radius 3 is 2.71 bits per heavy atom. The molecule has 0 saturated heterocycles. The monoisotopic (exact) mass is 342 g/mol. The van der Waals surface area contributed by atoms with Crippen LogP contribution in [0.5, 0.6) is 0 Å². The molecule has 6 heteroatoms. The van der Waals surface area contributed by atoms with Crippen LogP contribution in [0.1, 0.15) is 16.2 Å². The lowest BCUT2D eigenvalue weighted by molar-refractivity contribution is 0.0595. The van der Waals surface area contributed by atoms with E-state index in [-0.39, 0.29) is 10.8 Å². The molecule has 2 heterocycles. The minimum absolute atomic E-state index is 0.165. The minimum Gasteiger partial charge on any atom is -0.467 e. The summed E-state index contributed by atoms with van der Waals surface area (Å²) >= 11 is 6.09. The van der Waals surface area contributed by atoms with Crippen molar-refractivity contribution in [2.24, 2.45) is 0 Å². The first-order valence-electron chi connectivity index (χ1n) is 7.29. The standard InChI is InChI=1S/C18H15ClN2O3/c1-23-18(22)17-16(12-6-3-2-4-7-12)14(10-15(19)21-17)20-11-13-8-5-9-24-13/h2-10H,11H2,1H3,(H,20,21). The fourth-order valence-electron chi connectivity index (χ4n) is 2.39. The number of anilines is 1. The van der Waals surface area contributed by atoms with Crippen LogP contribution in [0.15, 0.2) is 59.2 Å². The maximum absolute atomic E-state index is 12.2. The SMILES string of the molecule is COC(=O)c1nc(Cl)cc(NCc2ccco2)c1-c1ccccc1. The normalized spacial score (nSPS) is 10.4. The largest absolute Gasteiger partial charge is 0.467 e. The minimum atomic E-state index is -0.544. The number of carbonyl (C=O) groups is 1. The van der Waals surface area contributed by atoms with E-state index in [2.05, 4.69) is 10.3 Å². The van der Waals surface area contributed by atoms with Crippen LogP contribution >= 0.6 is 11.6 Å². The molecule has 0 atom stereocenters. The van der Waals surface area contributed by atoms with Crippen LogP contribution < -0.4 is 5.32 Å². The average Bonchev–Trinajstić information content (AvgIpc) is 3.13. The van der Waals surface area contributed by atoms with Crippen LogP contribution in [0.3, 0.4) is 0 Å². The van der Waals surface area contributed by atoms with E-state index >= 15 is 0 Å². The van der Waals surface area contributed by atoms with Gasteiger partial charge in [-0.25, -0.2) is 9.78 Å². The van der Waals surface area contributed by atoms with Gasteiger partial charge in [-0.05, 0) is 23.8 Å². The molecule has 3 aromatic rings. The average molecular weight is 343 g/mol. The van der Waals surface area contributed by atoms with Crippen molar-refractivity contribution >= 4 is 23.3 Å². The molecule has 0 aliphatic rings. The Morgan fingerprint density at radius 1 is 1.25 bits per heavy atom. The topological polar surface area (TPSA) is 64.4 Å². The summed E-state index contributed by atoms with van der Waals surface area (Å²) in [5.41, 5.74) is 2.32. The van der Waals surface area contributed by atoms with Crippen molar-refractivity contribution in [3.63, 3.8) is 0 Å². The van der Waals surface area contributed by atoms with E-state index in [1.165, 1.54) is 7.11 Å². The highest BCUT2D eigenvalue weighted by molar-refractivity contribution is 6.30. The molecule has 0 fully saturated rings. The van der Waals surface area contributed by atoms with Gasteiger partial charge in [0.2, 0.25) is 0 Å². The van der Waals surface area contributed by atoms with Gasteiger partial charge in [-0.15, -0.1) is 0 Å². The highest BCUT2D eigenvalue weighted by Crippen LogP contribution is 2.33. The van der Waals surface area contributed by atoms with Crippen molar-refractivity contribution in [1.82, 2.24) is 4.98 Å². The molecule has 0 radical (unpaired) electrons.